The van der Waals surface area contributed by atoms with Gasteiger partial charge in [0.05, 0.1) is 25.0 Å². The first kappa shape index (κ1) is 20.4. The number of aliphatic hydroxyl groups is 1. The Morgan fingerprint density at radius 1 is 1.33 bits per heavy atom. The zero-order chi connectivity index (χ0) is 16.7. The Hall–Kier alpha value is -1.61. The summed E-state index contributed by atoms with van der Waals surface area (Å²) in [5, 5.41) is 16.8. The molecule has 3 N–H and O–H groups in total. The van der Waals surface area contributed by atoms with Crippen LogP contribution in [0, 0.1) is 6.92 Å². The van der Waals surface area contributed by atoms with Crippen LogP contribution in [0.5, 0.6) is 0 Å². The van der Waals surface area contributed by atoms with Crippen LogP contribution < -0.4 is 10.6 Å². The molecule has 0 aromatic carbocycles. The maximum Gasteiger partial charge on any atom is 0.191 e. The fourth-order valence-corrected chi connectivity index (χ4v) is 2.11. The Bertz CT molecular complexity index is 642. The van der Waals surface area contributed by atoms with E-state index >= 15 is 0 Å². The molecule has 0 radical (unpaired) electrons. The van der Waals surface area contributed by atoms with Crippen LogP contribution in [0.4, 0.5) is 0 Å². The highest BCUT2D eigenvalue weighted by Gasteiger charge is 2.26. The van der Waals surface area contributed by atoms with Gasteiger partial charge in [-0.25, -0.2) is 4.99 Å². The van der Waals surface area contributed by atoms with Gasteiger partial charge in [-0.3, -0.25) is 4.98 Å². The molecule has 24 heavy (non-hydrogen) atoms. The lowest BCUT2D eigenvalue weighted by Crippen LogP contribution is -2.44. The molecule has 0 spiro atoms. The summed E-state index contributed by atoms with van der Waals surface area (Å²) in [5.74, 6) is 1.14. The first-order chi connectivity index (χ1) is 11.0. The molecule has 1 atom stereocenters. The maximum atomic E-state index is 10.5. The number of halogens is 1. The maximum absolute atomic E-state index is 10.5. The van der Waals surface area contributed by atoms with E-state index in [0.29, 0.717) is 18.3 Å². The zero-order valence-electron chi connectivity index (χ0n) is 14.2. The number of rotatable bonds is 6. The molecular formula is C17H25IN4O2. The quantitative estimate of drug-likeness (QED) is 0.363. The van der Waals surface area contributed by atoms with Gasteiger partial charge in [0.2, 0.25) is 0 Å². The fourth-order valence-electron chi connectivity index (χ4n) is 2.11. The van der Waals surface area contributed by atoms with E-state index in [4.69, 9.17) is 4.42 Å². The van der Waals surface area contributed by atoms with Gasteiger partial charge < -0.3 is 20.2 Å². The molecule has 0 saturated carbocycles. The van der Waals surface area contributed by atoms with E-state index in [1.807, 2.05) is 26.0 Å². The van der Waals surface area contributed by atoms with Crippen molar-refractivity contribution in [1.29, 1.82) is 0 Å². The molecule has 132 valence electrons. The summed E-state index contributed by atoms with van der Waals surface area (Å²) in [5.41, 5.74) is 0.929. The second kappa shape index (κ2) is 9.63. The normalized spacial score (nSPS) is 13.8. The van der Waals surface area contributed by atoms with Crippen molar-refractivity contribution >= 4 is 29.9 Å². The summed E-state index contributed by atoms with van der Waals surface area (Å²) in [7, 11) is 0. The average Bonchev–Trinajstić information content (AvgIpc) is 3.07. The molecule has 6 nitrogen and oxygen atoms in total. The van der Waals surface area contributed by atoms with Crippen molar-refractivity contribution in [1.82, 2.24) is 15.6 Å². The number of aryl methyl sites for hydroxylation is 1. The molecule has 2 aromatic rings. The molecule has 7 heteroatoms. The monoisotopic (exact) mass is 444 g/mol. The highest BCUT2D eigenvalue weighted by Crippen LogP contribution is 2.19. The summed E-state index contributed by atoms with van der Waals surface area (Å²) in [6.45, 7) is 7.20. The van der Waals surface area contributed by atoms with Crippen LogP contribution in [-0.2, 0) is 12.1 Å². The number of hydrogen-bond donors (Lipinski definition) is 3. The van der Waals surface area contributed by atoms with Gasteiger partial charge in [0.1, 0.15) is 11.4 Å². The minimum absolute atomic E-state index is 0. The number of aromatic nitrogens is 1. The standard InChI is InChI=1S/C17H24N4O2.HI/c1-4-18-16(20-11-14-13(2)7-5-9-19-14)21-12-17(3,22)15-8-6-10-23-15;/h5-10,22H,4,11-12H2,1-3H3,(H2,18,20,21);1H. The Morgan fingerprint density at radius 3 is 2.75 bits per heavy atom. The number of guanidine groups is 1. The van der Waals surface area contributed by atoms with Gasteiger partial charge >= 0.3 is 0 Å². The van der Waals surface area contributed by atoms with E-state index in [2.05, 4.69) is 20.6 Å². The minimum atomic E-state index is -1.11. The smallest absolute Gasteiger partial charge is 0.191 e. The van der Waals surface area contributed by atoms with Crippen molar-refractivity contribution in [3.8, 4) is 0 Å². The molecule has 2 rings (SSSR count). The van der Waals surface area contributed by atoms with Crippen molar-refractivity contribution in [2.75, 3.05) is 13.1 Å². The lowest BCUT2D eigenvalue weighted by Gasteiger charge is -2.22. The largest absolute Gasteiger partial charge is 0.466 e. The molecule has 2 aromatic heterocycles. The fraction of sp³-hybridized carbons (Fsp3) is 0.412. The van der Waals surface area contributed by atoms with Gasteiger partial charge in [-0.15, -0.1) is 24.0 Å². The molecule has 0 saturated heterocycles. The van der Waals surface area contributed by atoms with Crippen molar-refractivity contribution < 1.29 is 9.52 Å². The third-order valence-electron chi connectivity index (χ3n) is 3.50. The number of furan rings is 1. The second-order valence-electron chi connectivity index (χ2n) is 5.57. The number of pyridine rings is 1. The third-order valence-corrected chi connectivity index (χ3v) is 3.50. The van der Waals surface area contributed by atoms with Crippen LogP contribution in [0.25, 0.3) is 0 Å². The van der Waals surface area contributed by atoms with Crippen molar-refractivity contribution in [2.45, 2.75) is 32.9 Å². The van der Waals surface area contributed by atoms with E-state index in [9.17, 15) is 5.11 Å². The number of nitrogens with zero attached hydrogens (tertiary/aromatic N) is 2. The van der Waals surface area contributed by atoms with E-state index in [1.54, 1.807) is 31.5 Å². The number of hydrogen-bond acceptors (Lipinski definition) is 4. The average molecular weight is 444 g/mol. The molecule has 0 aliphatic carbocycles. The molecule has 0 aliphatic rings. The lowest BCUT2D eigenvalue weighted by atomic mass is 10.0. The molecular weight excluding hydrogens is 419 g/mol. The molecule has 2 heterocycles. The molecule has 0 fully saturated rings. The Kier molecular flexibility index (Phi) is 8.20. The summed E-state index contributed by atoms with van der Waals surface area (Å²) in [4.78, 5) is 8.85. The van der Waals surface area contributed by atoms with Gasteiger partial charge in [-0.1, -0.05) is 6.07 Å². The van der Waals surface area contributed by atoms with Crippen LogP contribution in [0.2, 0.25) is 0 Å². The topological polar surface area (TPSA) is 82.7 Å². The van der Waals surface area contributed by atoms with E-state index in [-0.39, 0.29) is 30.5 Å². The first-order valence-electron chi connectivity index (χ1n) is 7.72. The lowest BCUT2D eigenvalue weighted by molar-refractivity contribution is 0.0386. The minimum Gasteiger partial charge on any atom is -0.466 e. The van der Waals surface area contributed by atoms with Crippen LogP contribution in [0.1, 0.15) is 30.9 Å². The summed E-state index contributed by atoms with van der Waals surface area (Å²) < 4.78 is 5.28. The van der Waals surface area contributed by atoms with Gasteiger partial charge in [-0.05, 0) is 44.5 Å². The Morgan fingerprint density at radius 2 is 2.12 bits per heavy atom. The van der Waals surface area contributed by atoms with Crippen LogP contribution in [0.15, 0.2) is 46.1 Å². The molecule has 0 bridgehead atoms. The van der Waals surface area contributed by atoms with Gasteiger partial charge in [0.15, 0.2) is 5.96 Å². The van der Waals surface area contributed by atoms with Crippen molar-refractivity contribution in [3.05, 3.63) is 53.7 Å². The van der Waals surface area contributed by atoms with Gasteiger partial charge in [0, 0.05) is 12.7 Å². The van der Waals surface area contributed by atoms with E-state index < -0.39 is 5.60 Å². The van der Waals surface area contributed by atoms with Gasteiger partial charge in [-0.2, -0.15) is 0 Å². The van der Waals surface area contributed by atoms with E-state index in [0.717, 1.165) is 17.8 Å². The Labute approximate surface area is 159 Å². The predicted molar refractivity (Wildman–Crippen MR) is 105 cm³/mol. The molecule has 1 unspecified atom stereocenters. The summed E-state index contributed by atoms with van der Waals surface area (Å²) in [6.07, 6.45) is 3.31. The summed E-state index contributed by atoms with van der Waals surface area (Å²) in [6, 6.07) is 7.43. The third kappa shape index (κ3) is 5.79. The molecule has 0 aliphatic heterocycles. The Balaban J connectivity index is 0.00000288. The molecule has 0 amide bonds. The van der Waals surface area contributed by atoms with Crippen molar-refractivity contribution in [3.63, 3.8) is 0 Å². The first-order valence-corrected chi connectivity index (χ1v) is 7.72. The van der Waals surface area contributed by atoms with Gasteiger partial charge in [0.25, 0.3) is 0 Å². The van der Waals surface area contributed by atoms with E-state index in [1.165, 1.54) is 0 Å². The summed E-state index contributed by atoms with van der Waals surface area (Å²) >= 11 is 0. The number of nitrogens with one attached hydrogen (secondary N) is 2. The van der Waals surface area contributed by atoms with Crippen LogP contribution in [0.3, 0.4) is 0 Å². The van der Waals surface area contributed by atoms with Crippen molar-refractivity contribution in [2.24, 2.45) is 4.99 Å². The highest BCUT2D eigenvalue weighted by atomic mass is 127. The van der Waals surface area contributed by atoms with Crippen LogP contribution >= 0.6 is 24.0 Å². The van der Waals surface area contributed by atoms with Crippen LogP contribution in [-0.4, -0.2) is 29.1 Å². The SMILES string of the molecule is CCNC(=NCc1ncccc1C)NCC(C)(O)c1ccco1.I. The predicted octanol–water partition coefficient (Wildman–Crippen LogP) is 2.56. The number of aliphatic imine (C=N–C) groups is 1. The zero-order valence-corrected chi connectivity index (χ0v) is 16.6. The highest BCUT2D eigenvalue weighted by molar-refractivity contribution is 14.0. The second-order valence-corrected chi connectivity index (χ2v) is 5.57.